The topological polar surface area (TPSA) is 92.2 Å². The van der Waals surface area contributed by atoms with Gasteiger partial charge in [0.1, 0.15) is 5.56 Å². The van der Waals surface area contributed by atoms with Crippen LogP contribution in [-0.4, -0.2) is 20.4 Å². The third-order valence-corrected chi connectivity index (χ3v) is 4.43. The van der Waals surface area contributed by atoms with Crippen molar-refractivity contribution in [2.45, 2.75) is 13.0 Å². The molecule has 0 amide bonds. The van der Waals surface area contributed by atoms with Crippen LogP contribution in [0.25, 0.3) is 6.08 Å². The molecule has 0 fully saturated rings. The Bertz CT molecular complexity index is 1130. The number of allylic oxidation sites excluding steroid dienone is 1. The Hall–Kier alpha value is -3.38. The van der Waals surface area contributed by atoms with Crippen molar-refractivity contribution >= 4 is 23.5 Å². The monoisotopic (exact) mass is 396 g/mol. The molecule has 6 nitrogen and oxygen atoms in total. The molecule has 3 aromatic rings. The van der Waals surface area contributed by atoms with Crippen molar-refractivity contribution in [3.63, 3.8) is 0 Å². The van der Waals surface area contributed by atoms with Crippen molar-refractivity contribution in [2.24, 2.45) is 0 Å². The highest BCUT2D eigenvalue weighted by atomic mass is 35.5. The van der Waals surface area contributed by atoms with E-state index in [1.807, 2.05) is 30.3 Å². The second-order valence-corrected chi connectivity index (χ2v) is 6.53. The lowest BCUT2D eigenvalue weighted by Crippen LogP contribution is -2.34. The fourth-order valence-electron chi connectivity index (χ4n) is 2.70. The molecule has 0 bridgehead atoms. The van der Waals surface area contributed by atoms with E-state index in [1.165, 1.54) is 12.2 Å². The zero-order valence-corrected chi connectivity index (χ0v) is 15.5. The van der Waals surface area contributed by atoms with Crippen molar-refractivity contribution < 1.29 is 9.90 Å². The number of nitrogens with one attached hydrogen (secondary N) is 1. The van der Waals surface area contributed by atoms with E-state index in [1.54, 1.807) is 24.3 Å². The summed E-state index contributed by atoms with van der Waals surface area (Å²) in [7, 11) is 0. The summed E-state index contributed by atoms with van der Waals surface area (Å²) in [4.78, 5) is 38.7. The van der Waals surface area contributed by atoms with Crippen molar-refractivity contribution in [1.29, 1.82) is 0 Å². The molecular formula is C21H17ClN2O4. The molecule has 1 heterocycles. The number of aryl methyl sites for hydroxylation is 1. The van der Waals surface area contributed by atoms with Gasteiger partial charge in [-0.15, -0.1) is 0 Å². The number of aromatic amines is 1. The smallest absolute Gasteiger partial charge is 0.331 e. The van der Waals surface area contributed by atoms with Crippen LogP contribution in [0.1, 0.15) is 21.5 Å². The van der Waals surface area contributed by atoms with Crippen molar-refractivity contribution in [2.75, 3.05) is 0 Å². The lowest BCUT2D eigenvalue weighted by Gasteiger charge is -2.10. The maximum Gasteiger partial charge on any atom is 0.331 e. The van der Waals surface area contributed by atoms with Crippen LogP contribution in [0.3, 0.4) is 0 Å². The lowest BCUT2D eigenvalue weighted by atomic mass is 10.1. The van der Waals surface area contributed by atoms with Gasteiger partial charge in [0.2, 0.25) is 5.88 Å². The first kappa shape index (κ1) is 19.4. The van der Waals surface area contributed by atoms with Crippen LogP contribution in [0.2, 0.25) is 5.02 Å². The van der Waals surface area contributed by atoms with Crippen LogP contribution in [-0.2, 0) is 13.0 Å². The van der Waals surface area contributed by atoms with E-state index in [0.29, 0.717) is 17.0 Å². The Kier molecular flexibility index (Phi) is 5.91. The summed E-state index contributed by atoms with van der Waals surface area (Å²) in [5.74, 6) is -1.35. The summed E-state index contributed by atoms with van der Waals surface area (Å²) >= 11 is 5.82. The number of hydrogen-bond acceptors (Lipinski definition) is 4. The maximum absolute atomic E-state index is 12.5. The standard InChI is InChI=1S/C21H17ClN2O4/c22-16-9-6-15(7-10-16)8-11-17(25)18-19(26)23-21(28)24(20(18)27)13-12-14-4-2-1-3-5-14/h1-11,27H,12-13H2,(H,23,26,28)/b11-8+. The SMILES string of the molecule is O=C(/C=C/c1ccc(Cl)cc1)c1c(O)n(CCc2ccccc2)c(=O)[nH]c1=O. The average Bonchev–Trinajstić information content (AvgIpc) is 2.68. The summed E-state index contributed by atoms with van der Waals surface area (Å²) in [6.45, 7) is 0.118. The predicted octanol–water partition coefficient (Wildman–Crippen LogP) is 3.03. The van der Waals surface area contributed by atoms with Gasteiger partial charge in [0.25, 0.3) is 5.56 Å². The summed E-state index contributed by atoms with van der Waals surface area (Å²) in [6, 6.07) is 16.1. The van der Waals surface area contributed by atoms with Gasteiger partial charge in [0, 0.05) is 11.6 Å². The quantitative estimate of drug-likeness (QED) is 0.495. The maximum atomic E-state index is 12.5. The normalized spacial score (nSPS) is 11.0. The molecule has 1 aromatic heterocycles. The number of H-pyrrole nitrogens is 1. The molecule has 3 rings (SSSR count). The highest BCUT2D eigenvalue weighted by molar-refractivity contribution is 6.30. The van der Waals surface area contributed by atoms with Gasteiger partial charge in [-0.25, -0.2) is 4.79 Å². The van der Waals surface area contributed by atoms with Gasteiger partial charge in [0.05, 0.1) is 0 Å². The Morgan fingerprint density at radius 2 is 1.75 bits per heavy atom. The van der Waals surface area contributed by atoms with E-state index >= 15 is 0 Å². The first-order chi connectivity index (χ1) is 13.5. The Morgan fingerprint density at radius 1 is 1.07 bits per heavy atom. The summed E-state index contributed by atoms with van der Waals surface area (Å²) in [6.07, 6.45) is 3.12. The lowest BCUT2D eigenvalue weighted by molar-refractivity contribution is 0.104. The number of aromatic nitrogens is 2. The largest absolute Gasteiger partial charge is 0.494 e. The number of rotatable bonds is 6. The molecule has 0 saturated heterocycles. The Labute approximate surface area is 165 Å². The molecule has 7 heteroatoms. The van der Waals surface area contributed by atoms with E-state index in [-0.39, 0.29) is 6.54 Å². The van der Waals surface area contributed by atoms with E-state index in [9.17, 15) is 19.5 Å². The number of carbonyl (C=O) groups is 1. The average molecular weight is 397 g/mol. The summed E-state index contributed by atoms with van der Waals surface area (Å²) < 4.78 is 0.984. The number of halogens is 1. The van der Waals surface area contributed by atoms with Gasteiger partial charge in [0.15, 0.2) is 5.78 Å². The first-order valence-corrected chi connectivity index (χ1v) is 8.91. The molecular weight excluding hydrogens is 380 g/mol. The van der Waals surface area contributed by atoms with Gasteiger partial charge in [-0.1, -0.05) is 60.1 Å². The van der Waals surface area contributed by atoms with Crippen molar-refractivity contribution in [3.05, 3.63) is 103 Å². The predicted molar refractivity (Wildman–Crippen MR) is 108 cm³/mol. The second-order valence-electron chi connectivity index (χ2n) is 6.09. The van der Waals surface area contributed by atoms with Crippen LogP contribution < -0.4 is 11.2 Å². The van der Waals surface area contributed by atoms with E-state index in [0.717, 1.165) is 10.1 Å². The first-order valence-electron chi connectivity index (χ1n) is 8.53. The summed E-state index contributed by atoms with van der Waals surface area (Å²) in [5, 5.41) is 11.0. The van der Waals surface area contributed by atoms with Crippen LogP contribution in [0.15, 0.2) is 70.3 Å². The molecule has 2 aromatic carbocycles. The molecule has 0 unspecified atom stereocenters. The molecule has 0 spiro atoms. The zero-order chi connectivity index (χ0) is 20.1. The number of hydrogen-bond donors (Lipinski definition) is 2. The minimum Gasteiger partial charge on any atom is -0.494 e. The van der Waals surface area contributed by atoms with Gasteiger partial charge < -0.3 is 5.11 Å². The molecule has 0 aliphatic rings. The van der Waals surface area contributed by atoms with Crippen LogP contribution in [0, 0.1) is 0 Å². The highest BCUT2D eigenvalue weighted by Gasteiger charge is 2.19. The molecule has 0 aliphatic carbocycles. The number of ketones is 1. The van der Waals surface area contributed by atoms with Crippen LogP contribution >= 0.6 is 11.6 Å². The second kappa shape index (κ2) is 8.54. The molecule has 28 heavy (non-hydrogen) atoms. The number of aromatic hydroxyl groups is 1. The van der Waals surface area contributed by atoms with Gasteiger partial charge in [-0.2, -0.15) is 0 Å². The van der Waals surface area contributed by atoms with Gasteiger partial charge >= 0.3 is 5.69 Å². The molecule has 142 valence electrons. The summed E-state index contributed by atoms with van der Waals surface area (Å²) in [5.41, 5.74) is -0.514. The Balaban J connectivity index is 1.88. The number of carbonyl (C=O) groups excluding carboxylic acids is 1. The zero-order valence-electron chi connectivity index (χ0n) is 14.8. The van der Waals surface area contributed by atoms with Crippen LogP contribution in [0.5, 0.6) is 5.88 Å². The number of nitrogens with zero attached hydrogens (tertiary/aromatic N) is 1. The minimum absolute atomic E-state index is 0.118. The fraction of sp³-hybridized carbons (Fsp3) is 0.0952. The van der Waals surface area contributed by atoms with Crippen molar-refractivity contribution in [1.82, 2.24) is 9.55 Å². The van der Waals surface area contributed by atoms with Gasteiger partial charge in [-0.3, -0.25) is 19.1 Å². The molecule has 0 radical (unpaired) electrons. The molecule has 0 aliphatic heterocycles. The highest BCUT2D eigenvalue weighted by Crippen LogP contribution is 2.15. The minimum atomic E-state index is -0.927. The number of benzene rings is 2. The van der Waals surface area contributed by atoms with E-state index < -0.39 is 28.5 Å². The van der Waals surface area contributed by atoms with Gasteiger partial charge in [-0.05, 0) is 35.8 Å². The molecule has 0 saturated carbocycles. The molecule has 2 N–H and O–H groups in total. The van der Waals surface area contributed by atoms with E-state index in [2.05, 4.69) is 4.98 Å². The third-order valence-electron chi connectivity index (χ3n) is 4.18. The van der Waals surface area contributed by atoms with Crippen LogP contribution in [0.4, 0.5) is 0 Å². The Morgan fingerprint density at radius 3 is 2.43 bits per heavy atom. The third kappa shape index (κ3) is 4.47. The molecule has 0 atom stereocenters. The van der Waals surface area contributed by atoms with E-state index in [4.69, 9.17) is 11.6 Å². The fourth-order valence-corrected chi connectivity index (χ4v) is 2.83. The van der Waals surface area contributed by atoms with Crippen molar-refractivity contribution in [3.8, 4) is 5.88 Å².